The lowest BCUT2D eigenvalue weighted by atomic mass is 9.70. The van der Waals surface area contributed by atoms with Crippen molar-refractivity contribution in [2.24, 2.45) is 0 Å². The average Bonchev–Trinajstić information content (AvgIpc) is 4.18. The van der Waals surface area contributed by atoms with E-state index in [0.29, 0.717) is 0 Å². The Hall–Kier alpha value is -8.78. The third-order valence-electron chi connectivity index (χ3n) is 16.9. The summed E-state index contributed by atoms with van der Waals surface area (Å²) in [7, 11) is 0. The molecule has 330 valence electrons. The van der Waals surface area contributed by atoms with Crippen LogP contribution in [0.15, 0.2) is 237 Å². The Morgan fingerprint density at radius 2 is 0.535 bits per heavy atom. The predicted molar refractivity (Wildman–Crippen MR) is 294 cm³/mol. The van der Waals surface area contributed by atoms with Crippen LogP contribution in [-0.2, 0) is 10.8 Å². The third-order valence-corrected chi connectivity index (χ3v) is 16.9. The molecule has 0 saturated heterocycles. The zero-order valence-electron chi connectivity index (χ0n) is 39.5. The van der Waals surface area contributed by atoms with E-state index in [1.807, 2.05) is 0 Å². The van der Waals surface area contributed by atoms with Crippen LogP contribution in [0.2, 0.25) is 0 Å². The zero-order valence-corrected chi connectivity index (χ0v) is 39.5. The van der Waals surface area contributed by atoms with Crippen molar-refractivity contribution in [2.75, 3.05) is 0 Å². The molecule has 11 aromatic carbocycles. The van der Waals surface area contributed by atoms with Gasteiger partial charge >= 0.3 is 0 Å². The highest BCUT2D eigenvalue weighted by atomic mass is 15.0. The maximum atomic E-state index is 2.52. The summed E-state index contributed by atoms with van der Waals surface area (Å²) < 4.78 is 2.49. The first-order valence-corrected chi connectivity index (χ1v) is 25.1. The van der Waals surface area contributed by atoms with Crippen molar-refractivity contribution in [3.8, 4) is 72.4 Å². The number of hydrogen-bond donors (Lipinski definition) is 0. The van der Waals surface area contributed by atoms with Crippen LogP contribution in [0.3, 0.4) is 0 Å². The van der Waals surface area contributed by atoms with Gasteiger partial charge in [-0.15, -0.1) is 0 Å². The fourth-order valence-corrected chi connectivity index (χ4v) is 14.3. The summed E-state index contributed by atoms with van der Waals surface area (Å²) in [6.45, 7) is 4.42. The second-order valence-corrected chi connectivity index (χ2v) is 20.4. The summed E-state index contributed by atoms with van der Waals surface area (Å²) >= 11 is 0. The standard InChI is InChI=1S/C70H45N/c1-42-35-43(2)37-48(36-42)71-67-33-29-44(46-27-31-55-53-19-7-13-25-63(53)69(65(55)40-46)59-21-9-3-15-49(59)50-16-4-10-22-60(50)69)38-57(67)58-39-45(30-34-68(58)71)47-28-32-56-54-20-8-14-26-64(54)70(66(56)41-47)61-23-11-5-17-51(61)52-18-6-12-24-62(52)70/h3-41H,1-2H3. The van der Waals surface area contributed by atoms with Crippen LogP contribution in [0.1, 0.15) is 55.6 Å². The second kappa shape index (κ2) is 13.9. The lowest BCUT2D eigenvalue weighted by Gasteiger charge is -2.30. The molecular weight excluding hydrogens is 855 g/mol. The molecule has 16 rings (SSSR count). The normalized spacial score (nSPS) is 14.3. The number of fused-ring (bicyclic) bond motifs is 23. The van der Waals surface area contributed by atoms with Gasteiger partial charge in [-0.1, -0.05) is 188 Å². The van der Waals surface area contributed by atoms with Crippen LogP contribution in [0.4, 0.5) is 0 Å². The van der Waals surface area contributed by atoms with Gasteiger partial charge in [0.1, 0.15) is 0 Å². The second-order valence-electron chi connectivity index (χ2n) is 20.4. The van der Waals surface area contributed by atoms with Gasteiger partial charge in [-0.3, -0.25) is 0 Å². The Balaban J connectivity index is 0.912. The topological polar surface area (TPSA) is 4.93 Å². The van der Waals surface area contributed by atoms with Gasteiger partial charge in [0.2, 0.25) is 0 Å². The zero-order chi connectivity index (χ0) is 46.7. The quantitative estimate of drug-likeness (QED) is 0.167. The van der Waals surface area contributed by atoms with Gasteiger partial charge in [0.15, 0.2) is 0 Å². The van der Waals surface area contributed by atoms with Gasteiger partial charge in [0.05, 0.1) is 21.9 Å². The minimum absolute atomic E-state index is 0.397. The highest BCUT2D eigenvalue weighted by Gasteiger charge is 2.53. The number of hydrogen-bond acceptors (Lipinski definition) is 0. The highest BCUT2D eigenvalue weighted by Crippen LogP contribution is 2.65. The van der Waals surface area contributed by atoms with E-state index < -0.39 is 10.8 Å². The molecule has 0 fully saturated rings. The lowest BCUT2D eigenvalue weighted by Crippen LogP contribution is -2.25. The lowest BCUT2D eigenvalue weighted by molar-refractivity contribution is 0.794. The van der Waals surface area contributed by atoms with Crippen LogP contribution in [-0.4, -0.2) is 4.57 Å². The van der Waals surface area contributed by atoms with E-state index in [9.17, 15) is 0 Å². The Labute approximate surface area is 413 Å². The van der Waals surface area contributed by atoms with Crippen molar-refractivity contribution < 1.29 is 0 Å². The minimum atomic E-state index is -0.397. The molecule has 71 heavy (non-hydrogen) atoms. The largest absolute Gasteiger partial charge is 0.309 e. The molecule has 0 amide bonds. The Morgan fingerprint density at radius 3 is 0.873 bits per heavy atom. The van der Waals surface area contributed by atoms with Crippen molar-refractivity contribution in [3.05, 3.63) is 292 Å². The molecule has 1 heterocycles. The van der Waals surface area contributed by atoms with Crippen molar-refractivity contribution in [2.45, 2.75) is 24.7 Å². The summed E-state index contributed by atoms with van der Waals surface area (Å²) in [6.07, 6.45) is 0. The molecule has 0 N–H and O–H groups in total. The molecule has 0 aliphatic heterocycles. The van der Waals surface area contributed by atoms with Crippen molar-refractivity contribution in [3.63, 3.8) is 0 Å². The maximum Gasteiger partial charge on any atom is 0.0725 e. The first-order chi connectivity index (χ1) is 35.0. The minimum Gasteiger partial charge on any atom is -0.309 e. The Bertz CT molecular complexity index is 3930. The van der Waals surface area contributed by atoms with E-state index in [-0.39, 0.29) is 0 Å². The van der Waals surface area contributed by atoms with Crippen molar-refractivity contribution >= 4 is 21.8 Å². The van der Waals surface area contributed by atoms with E-state index >= 15 is 0 Å². The summed E-state index contributed by atoms with van der Waals surface area (Å²) in [5.74, 6) is 0. The van der Waals surface area contributed by atoms with Crippen LogP contribution >= 0.6 is 0 Å². The first-order valence-electron chi connectivity index (χ1n) is 25.1. The van der Waals surface area contributed by atoms with Crippen LogP contribution in [0, 0.1) is 13.8 Å². The predicted octanol–water partition coefficient (Wildman–Crippen LogP) is 17.4. The number of aryl methyl sites for hydroxylation is 2. The van der Waals surface area contributed by atoms with Gasteiger partial charge in [0.25, 0.3) is 0 Å². The van der Waals surface area contributed by atoms with E-state index in [4.69, 9.17) is 0 Å². The number of aromatic nitrogens is 1. The van der Waals surface area contributed by atoms with Gasteiger partial charge in [-0.25, -0.2) is 0 Å². The average molecular weight is 900 g/mol. The molecule has 4 aliphatic carbocycles. The molecule has 12 aromatic rings. The number of nitrogens with zero attached hydrogens (tertiary/aromatic N) is 1. The highest BCUT2D eigenvalue weighted by molar-refractivity contribution is 6.12. The van der Waals surface area contributed by atoms with Gasteiger partial charge in [-0.05, 0) is 185 Å². The molecule has 1 heteroatoms. The van der Waals surface area contributed by atoms with Gasteiger partial charge < -0.3 is 4.57 Å². The fraction of sp³-hybridized carbons (Fsp3) is 0.0571. The summed E-state index contributed by atoms with van der Waals surface area (Å²) in [6, 6.07) is 90.4. The summed E-state index contributed by atoms with van der Waals surface area (Å²) in [4.78, 5) is 0. The maximum absolute atomic E-state index is 2.52. The van der Waals surface area contributed by atoms with E-state index in [1.165, 1.54) is 150 Å². The van der Waals surface area contributed by atoms with Gasteiger partial charge in [0, 0.05) is 16.5 Å². The fourth-order valence-electron chi connectivity index (χ4n) is 14.3. The van der Waals surface area contributed by atoms with E-state index in [0.717, 1.165) is 0 Å². The molecule has 0 saturated carbocycles. The third kappa shape index (κ3) is 4.90. The molecule has 1 nitrogen and oxygen atoms in total. The smallest absolute Gasteiger partial charge is 0.0725 e. The van der Waals surface area contributed by atoms with E-state index in [1.54, 1.807) is 0 Å². The van der Waals surface area contributed by atoms with Crippen molar-refractivity contribution in [1.29, 1.82) is 0 Å². The Morgan fingerprint density at radius 1 is 0.254 bits per heavy atom. The summed E-state index contributed by atoms with van der Waals surface area (Å²) in [5, 5.41) is 2.49. The molecular formula is C70H45N. The molecule has 0 radical (unpaired) electrons. The van der Waals surface area contributed by atoms with Crippen LogP contribution in [0.25, 0.3) is 94.3 Å². The number of benzene rings is 11. The van der Waals surface area contributed by atoms with Crippen LogP contribution in [0.5, 0.6) is 0 Å². The van der Waals surface area contributed by atoms with Crippen LogP contribution < -0.4 is 0 Å². The molecule has 1 aromatic heterocycles. The molecule has 0 bridgehead atoms. The molecule has 0 unspecified atom stereocenters. The summed E-state index contributed by atoms with van der Waals surface area (Å²) in [5.41, 5.74) is 31.7. The number of rotatable bonds is 3. The van der Waals surface area contributed by atoms with E-state index in [2.05, 4.69) is 255 Å². The molecule has 2 spiro atoms. The first kappa shape index (κ1) is 39.1. The molecule has 0 atom stereocenters. The monoisotopic (exact) mass is 899 g/mol. The van der Waals surface area contributed by atoms with Crippen molar-refractivity contribution in [1.82, 2.24) is 4.57 Å². The Kier molecular flexibility index (Phi) is 7.68. The SMILES string of the molecule is Cc1cc(C)cc(-n2c3ccc(-c4ccc5c(c4)C4(c6ccccc6-c6ccccc64)c4ccccc4-5)cc3c3cc(-c4ccc5c(c4)C4(c6ccccc6-c6ccccc64)c4ccccc4-5)ccc32)c1. The van der Waals surface area contributed by atoms with Gasteiger partial charge in [-0.2, -0.15) is 0 Å². The molecule has 4 aliphatic rings.